The molecule has 10 heteroatoms. The van der Waals surface area contributed by atoms with Crippen LogP contribution in [0.15, 0.2) is 18.2 Å². The molecule has 0 heterocycles. The first-order valence-electron chi connectivity index (χ1n) is 6.90. The summed E-state index contributed by atoms with van der Waals surface area (Å²) in [6, 6.07) is 0.412. The first-order valence-corrected chi connectivity index (χ1v) is 6.90. The summed E-state index contributed by atoms with van der Waals surface area (Å²) in [6.45, 7) is 5.86. The lowest BCUT2D eigenvalue weighted by Gasteiger charge is -2.19. The topological polar surface area (TPSA) is 176 Å². The highest BCUT2D eigenvalue weighted by Gasteiger charge is 2.34. The highest BCUT2D eigenvalue weighted by molar-refractivity contribution is 6.12. The van der Waals surface area contributed by atoms with Gasteiger partial charge in [-0.2, -0.15) is 0 Å². The van der Waals surface area contributed by atoms with Crippen molar-refractivity contribution in [2.24, 2.45) is 0 Å². The predicted molar refractivity (Wildman–Crippen MR) is 84.2 cm³/mol. The third-order valence-electron chi connectivity index (χ3n) is 3.25. The minimum Gasteiger partial charge on any atom is -0.481 e. The molecule has 0 saturated heterocycles. The highest BCUT2D eigenvalue weighted by atomic mass is 16.5. The minimum absolute atomic E-state index is 0.0131. The summed E-state index contributed by atoms with van der Waals surface area (Å²) in [6.07, 6.45) is -1.44. The van der Waals surface area contributed by atoms with Gasteiger partial charge in [0.15, 0.2) is 17.6 Å². The second-order valence-corrected chi connectivity index (χ2v) is 5.18. The third-order valence-corrected chi connectivity index (χ3v) is 3.25. The van der Waals surface area contributed by atoms with Crippen LogP contribution in [0.5, 0.6) is 5.75 Å². The second kappa shape index (κ2) is 7.47. The van der Waals surface area contributed by atoms with E-state index < -0.39 is 63.8 Å². The molecule has 1 aromatic rings. The average molecular weight is 366 g/mol. The maximum absolute atomic E-state index is 11.9. The summed E-state index contributed by atoms with van der Waals surface area (Å²) in [5.41, 5.74) is -4.14. The Morgan fingerprint density at radius 3 is 1.54 bits per heavy atom. The Balaban J connectivity index is 3.92. The molecule has 0 aromatic heterocycles. The molecule has 1 rings (SSSR count). The number of carbonyl (C=O) groups is 5. The molecule has 0 fully saturated rings. The van der Waals surface area contributed by atoms with Crippen molar-refractivity contribution < 1.29 is 49.1 Å². The SMILES string of the molecule is C=C(C)C(=O)C(C)Oc1c(C(=O)O)c(C(=O)O)cc(C(=O)O)c1C(=O)O. The summed E-state index contributed by atoms with van der Waals surface area (Å²) >= 11 is 0. The number of hydrogen-bond donors (Lipinski definition) is 4. The van der Waals surface area contributed by atoms with Gasteiger partial charge < -0.3 is 25.2 Å². The number of carbonyl (C=O) groups excluding carboxylic acids is 1. The molecule has 0 saturated carbocycles. The standard InChI is InChI=1S/C16H14O10/c1-5(2)11(17)6(3)26-12-9(15(22)23)7(13(18)19)4-8(14(20)21)10(12)16(24)25/h4,6H,1H2,2-3H3,(H,18,19)(H,20,21)(H,22,23)(H,24,25). The van der Waals surface area contributed by atoms with Crippen molar-refractivity contribution >= 4 is 29.7 Å². The van der Waals surface area contributed by atoms with E-state index in [0.717, 1.165) is 6.92 Å². The highest BCUT2D eigenvalue weighted by Crippen LogP contribution is 2.33. The molecule has 4 N–H and O–H groups in total. The molecular weight excluding hydrogens is 352 g/mol. The maximum Gasteiger partial charge on any atom is 0.340 e. The number of ketones is 1. The van der Waals surface area contributed by atoms with E-state index >= 15 is 0 Å². The monoisotopic (exact) mass is 366 g/mol. The summed E-state index contributed by atoms with van der Waals surface area (Å²) < 4.78 is 5.11. The van der Waals surface area contributed by atoms with Crippen LogP contribution in [-0.4, -0.2) is 56.2 Å². The Morgan fingerprint density at radius 1 is 0.885 bits per heavy atom. The quantitative estimate of drug-likeness (QED) is 0.492. The zero-order chi connectivity index (χ0) is 20.3. The number of rotatable bonds is 8. The van der Waals surface area contributed by atoms with Crippen LogP contribution in [0.4, 0.5) is 0 Å². The Hall–Kier alpha value is -3.69. The minimum atomic E-state index is -1.87. The van der Waals surface area contributed by atoms with Crippen LogP contribution in [0.1, 0.15) is 55.3 Å². The van der Waals surface area contributed by atoms with Gasteiger partial charge in [-0.15, -0.1) is 0 Å². The van der Waals surface area contributed by atoms with Gasteiger partial charge in [-0.3, -0.25) is 4.79 Å². The fraction of sp³-hybridized carbons (Fsp3) is 0.188. The molecule has 1 aromatic carbocycles. The Morgan fingerprint density at radius 2 is 1.27 bits per heavy atom. The van der Waals surface area contributed by atoms with Gasteiger partial charge in [-0.25, -0.2) is 19.2 Å². The molecule has 0 aliphatic heterocycles. The third kappa shape index (κ3) is 3.86. The molecule has 0 radical (unpaired) electrons. The van der Waals surface area contributed by atoms with E-state index in [2.05, 4.69) is 6.58 Å². The molecule has 0 bridgehead atoms. The van der Waals surface area contributed by atoms with Crippen molar-refractivity contribution in [3.05, 3.63) is 40.5 Å². The Labute approximate surface area is 145 Å². The molecule has 138 valence electrons. The van der Waals surface area contributed by atoms with E-state index in [-0.39, 0.29) is 5.57 Å². The van der Waals surface area contributed by atoms with Gasteiger partial charge >= 0.3 is 23.9 Å². The molecule has 1 unspecified atom stereocenters. The van der Waals surface area contributed by atoms with Crippen molar-refractivity contribution in [2.75, 3.05) is 0 Å². The lowest BCUT2D eigenvalue weighted by Crippen LogP contribution is -2.28. The summed E-state index contributed by atoms with van der Waals surface area (Å²) in [5, 5.41) is 36.9. The van der Waals surface area contributed by atoms with Crippen LogP contribution < -0.4 is 4.74 Å². The molecule has 0 aliphatic carbocycles. The zero-order valence-electron chi connectivity index (χ0n) is 13.6. The van der Waals surface area contributed by atoms with E-state index in [9.17, 15) is 34.2 Å². The van der Waals surface area contributed by atoms with Gasteiger partial charge in [0.1, 0.15) is 11.1 Å². The number of ether oxygens (including phenoxy) is 1. The van der Waals surface area contributed by atoms with Gasteiger partial charge in [-0.1, -0.05) is 6.58 Å². The number of aromatic carboxylic acids is 4. The first kappa shape index (κ1) is 20.4. The van der Waals surface area contributed by atoms with E-state index in [1.165, 1.54) is 6.92 Å². The maximum atomic E-state index is 11.9. The first-order chi connectivity index (χ1) is 11.9. The largest absolute Gasteiger partial charge is 0.481 e. The predicted octanol–water partition coefficient (Wildman–Crippen LogP) is 1.39. The van der Waals surface area contributed by atoms with Crippen molar-refractivity contribution in [2.45, 2.75) is 20.0 Å². The normalized spacial score (nSPS) is 11.3. The fourth-order valence-corrected chi connectivity index (χ4v) is 2.12. The molecular formula is C16H14O10. The van der Waals surface area contributed by atoms with Crippen LogP contribution in [0, 0.1) is 0 Å². The van der Waals surface area contributed by atoms with Gasteiger partial charge in [-0.05, 0) is 25.5 Å². The Kier molecular flexibility index (Phi) is 5.85. The molecule has 1 atom stereocenters. The van der Waals surface area contributed by atoms with E-state index in [1.807, 2.05) is 0 Å². The number of carboxylic acid groups (broad SMARTS) is 4. The number of Topliss-reactive ketones (excluding diaryl/α,β-unsaturated/α-hetero) is 1. The van der Waals surface area contributed by atoms with Crippen LogP contribution >= 0.6 is 0 Å². The van der Waals surface area contributed by atoms with Crippen molar-refractivity contribution in [1.29, 1.82) is 0 Å². The molecule has 10 nitrogen and oxygen atoms in total. The lowest BCUT2D eigenvalue weighted by atomic mass is 9.96. The second-order valence-electron chi connectivity index (χ2n) is 5.18. The number of carboxylic acids is 4. The number of benzene rings is 1. The lowest BCUT2D eigenvalue weighted by molar-refractivity contribution is -0.121. The molecule has 26 heavy (non-hydrogen) atoms. The zero-order valence-corrected chi connectivity index (χ0v) is 13.6. The molecule has 0 amide bonds. The summed E-state index contributed by atoms with van der Waals surface area (Å²) in [4.78, 5) is 57.5. The van der Waals surface area contributed by atoms with Crippen molar-refractivity contribution in [3.63, 3.8) is 0 Å². The number of hydrogen-bond acceptors (Lipinski definition) is 6. The van der Waals surface area contributed by atoms with Gasteiger partial charge in [0, 0.05) is 0 Å². The van der Waals surface area contributed by atoms with E-state index in [1.54, 1.807) is 0 Å². The summed E-state index contributed by atoms with van der Waals surface area (Å²) in [5.74, 6) is -9.12. The molecule has 0 aliphatic rings. The van der Waals surface area contributed by atoms with Crippen LogP contribution in [0.25, 0.3) is 0 Å². The van der Waals surface area contributed by atoms with Gasteiger partial charge in [0.25, 0.3) is 0 Å². The Bertz CT molecular complexity index is 799. The van der Waals surface area contributed by atoms with Crippen molar-refractivity contribution in [3.8, 4) is 5.75 Å². The van der Waals surface area contributed by atoms with Gasteiger partial charge in [0.05, 0.1) is 11.1 Å². The van der Waals surface area contributed by atoms with Crippen LogP contribution in [0.3, 0.4) is 0 Å². The van der Waals surface area contributed by atoms with E-state index in [4.69, 9.17) is 14.9 Å². The average Bonchev–Trinajstić information content (AvgIpc) is 2.51. The smallest absolute Gasteiger partial charge is 0.340 e. The fourth-order valence-electron chi connectivity index (χ4n) is 2.12. The summed E-state index contributed by atoms with van der Waals surface area (Å²) in [7, 11) is 0. The van der Waals surface area contributed by atoms with Crippen LogP contribution in [0.2, 0.25) is 0 Å². The van der Waals surface area contributed by atoms with Crippen molar-refractivity contribution in [1.82, 2.24) is 0 Å². The van der Waals surface area contributed by atoms with E-state index in [0.29, 0.717) is 6.07 Å². The molecule has 0 spiro atoms. The van der Waals surface area contributed by atoms with Crippen LogP contribution in [-0.2, 0) is 4.79 Å². The van der Waals surface area contributed by atoms with Gasteiger partial charge in [0.2, 0.25) is 0 Å².